The minimum absolute atomic E-state index is 0.0141. The van der Waals surface area contributed by atoms with Gasteiger partial charge < -0.3 is 15.5 Å². The lowest BCUT2D eigenvalue weighted by molar-refractivity contribution is -0.928. The molecule has 1 heterocycles. The van der Waals surface area contributed by atoms with Crippen molar-refractivity contribution in [2.45, 2.75) is 51.2 Å². The quantitative estimate of drug-likeness (QED) is 0.727. The van der Waals surface area contributed by atoms with Gasteiger partial charge in [0.15, 0.2) is 0 Å². The summed E-state index contributed by atoms with van der Waals surface area (Å²) in [6.45, 7) is 6.60. The number of rotatable bonds is 3. The first-order chi connectivity index (χ1) is 11.5. The molecule has 136 valence electrons. The molecule has 25 heavy (non-hydrogen) atoms. The maximum atomic E-state index is 12.4. The molecule has 7 nitrogen and oxygen atoms in total. The van der Waals surface area contributed by atoms with E-state index in [4.69, 9.17) is 0 Å². The molecule has 0 aromatic heterocycles. The SMILES string of the molecule is CC(C)(C)[N+]1(C(=O)O)C[C@H](NC(=O)c2ccccc2)C[C@@]1(C)C(=O)O. The number of carboxylic acids is 1. The van der Waals surface area contributed by atoms with Crippen molar-refractivity contribution in [2.75, 3.05) is 6.54 Å². The summed E-state index contributed by atoms with van der Waals surface area (Å²) in [7, 11) is 0. The molecule has 1 aliphatic heterocycles. The first-order valence-corrected chi connectivity index (χ1v) is 8.17. The summed E-state index contributed by atoms with van der Waals surface area (Å²) in [6.07, 6.45) is -1.15. The molecule has 1 saturated heterocycles. The number of quaternary nitrogens is 1. The fourth-order valence-electron chi connectivity index (χ4n) is 4.03. The first kappa shape index (κ1) is 18.9. The summed E-state index contributed by atoms with van der Waals surface area (Å²) in [4.78, 5) is 36.6. The maximum Gasteiger partial charge on any atom is 0.514 e. The number of carboxylic acid groups (broad SMARTS) is 2. The number of amides is 2. The molecule has 1 aromatic carbocycles. The molecule has 0 radical (unpaired) electrons. The Balaban J connectivity index is 2.38. The molecule has 2 rings (SSSR count). The number of carbonyl (C=O) groups excluding carboxylic acids is 1. The van der Waals surface area contributed by atoms with Gasteiger partial charge in [0, 0.05) is 18.9 Å². The largest absolute Gasteiger partial charge is 0.514 e. The van der Waals surface area contributed by atoms with Crippen LogP contribution in [0.15, 0.2) is 30.3 Å². The summed E-state index contributed by atoms with van der Waals surface area (Å²) in [5, 5.41) is 22.6. The molecule has 1 fully saturated rings. The normalized spacial score (nSPS) is 29.2. The second kappa shape index (κ2) is 6.15. The maximum absolute atomic E-state index is 12.4. The van der Waals surface area contributed by atoms with E-state index in [-0.39, 0.29) is 18.9 Å². The van der Waals surface area contributed by atoms with Gasteiger partial charge in [-0.2, -0.15) is 4.79 Å². The molecule has 1 unspecified atom stereocenters. The standard InChI is InChI=1S/C18H24N2O5/c1-17(2,3)20(16(24)25)11-13(10-18(20,4)15(22)23)19-14(21)12-8-6-5-7-9-12/h5-9,13H,10-11H2,1-4H3,(H2-,19,21,22,23,24,25)/p+1/t13-,18+,20?/m1/s1. The third-order valence-corrected chi connectivity index (χ3v) is 5.28. The molecule has 3 N–H and O–H groups in total. The van der Waals surface area contributed by atoms with Crippen LogP contribution in [0.1, 0.15) is 44.5 Å². The Morgan fingerprint density at radius 1 is 1.16 bits per heavy atom. The summed E-state index contributed by atoms with van der Waals surface area (Å²) in [6, 6.07) is 8.02. The van der Waals surface area contributed by atoms with Crippen LogP contribution in [0, 0.1) is 0 Å². The summed E-state index contributed by atoms with van der Waals surface area (Å²) < 4.78 is -0.644. The number of nitrogens with zero attached hydrogens (tertiary/aromatic N) is 1. The molecule has 2 amide bonds. The van der Waals surface area contributed by atoms with Crippen LogP contribution >= 0.6 is 0 Å². The molecule has 7 heteroatoms. The Bertz CT molecular complexity index is 697. The highest BCUT2D eigenvalue weighted by Crippen LogP contribution is 2.44. The highest BCUT2D eigenvalue weighted by atomic mass is 16.4. The summed E-state index contributed by atoms with van der Waals surface area (Å²) in [5.74, 6) is -1.51. The predicted octanol–water partition coefficient (Wildman–Crippen LogP) is 2.33. The van der Waals surface area contributed by atoms with Gasteiger partial charge in [0.1, 0.15) is 12.1 Å². The Morgan fingerprint density at radius 3 is 2.12 bits per heavy atom. The van der Waals surface area contributed by atoms with Gasteiger partial charge in [-0.05, 0) is 32.9 Å². The van der Waals surface area contributed by atoms with Gasteiger partial charge in [0.25, 0.3) is 5.91 Å². The Morgan fingerprint density at radius 2 is 1.72 bits per heavy atom. The minimum Gasteiger partial charge on any atom is -0.477 e. The van der Waals surface area contributed by atoms with E-state index in [9.17, 15) is 24.6 Å². The van der Waals surface area contributed by atoms with E-state index in [1.807, 2.05) is 0 Å². The van der Waals surface area contributed by atoms with E-state index in [0.29, 0.717) is 5.56 Å². The molecule has 0 spiro atoms. The molecular weight excluding hydrogens is 324 g/mol. The summed E-state index contributed by atoms with van der Waals surface area (Å²) in [5.41, 5.74) is -1.94. The summed E-state index contributed by atoms with van der Waals surface area (Å²) >= 11 is 0. The zero-order valence-electron chi connectivity index (χ0n) is 14.9. The van der Waals surface area contributed by atoms with Crippen LogP contribution in [-0.2, 0) is 4.79 Å². The Labute approximate surface area is 146 Å². The van der Waals surface area contributed by atoms with E-state index < -0.39 is 33.7 Å². The Hall–Kier alpha value is -2.41. The van der Waals surface area contributed by atoms with E-state index in [1.165, 1.54) is 6.92 Å². The molecule has 0 aliphatic carbocycles. The van der Waals surface area contributed by atoms with E-state index in [0.717, 1.165) is 0 Å². The van der Waals surface area contributed by atoms with Gasteiger partial charge >= 0.3 is 12.1 Å². The number of nitrogens with one attached hydrogen (secondary N) is 1. The topological polar surface area (TPSA) is 104 Å². The lowest BCUT2D eigenvalue weighted by Gasteiger charge is -2.48. The lowest BCUT2D eigenvalue weighted by atomic mass is 9.89. The van der Waals surface area contributed by atoms with Crippen LogP contribution in [-0.4, -0.2) is 56.3 Å². The van der Waals surface area contributed by atoms with Crippen molar-refractivity contribution in [3.05, 3.63) is 35.9 Å². The van der Waals surface area contributed by atoms with Crippen molar-refractivity contribution in [2.24, 2.45) is 0 Å². The number of hydrogen-bond acceptors (Lipinski definition) is 3. The number of carbonyl (C=O) groups is 3. The van der Waals surface area contributed by atoms with Crippen LogP contribution in [0.2, 0.25) is 0 Å². The van der Waals surface area contributed by atoms with E-state index >= 15 is 0 Å². The molecule has 1 aromatic rings. The van der Waals surface area contributed by atoms with Gasteiger partial charge in [-0.1, -0.05) is 18.2 Å². The monoisotopic (exact) mass is 349 g/mol. The zero-order chi connectivity index (χ0) is 19.0. The van der Waals surface area contributed by atoms with Crippen LogP contribution in [0.3, 0.4) is 0 Å². The molecule has 0 bridgehead atoms. The molecule has 0 saturated carbocycles. The predicted molar refractivity (Wildman–Crippen MR) is 91.3 cm³/mol. The van der Waals surface area contributed by atoms with Crippen molar-refractivity contribution >= 4 is 18.0 Å². The average molecular weight is 349 g/mol. The number of benzene rings is 1. The van der Waals surface area contributed by atoms with Crippen molar-refractivity contribution in [1.29, 1.82) is 0 Å². The third kappa shape index (κ3) is 2.89. The number of likely N-dealkylation sites (tertiary alicyclic amines) is 1. The third-order valence-electron chi connectivity index (χ3n) is 5.28. The highest BCUT2D eigenvalue weighted by Gasteiger charge is 2.70. The smallest absolute Gasteiger partial charge is 0.477 e. The fourth-order valence-corrected chi connectivity index (χ4v) is 4.03. The average Bonchev–Trinajstić information content (AvgIpc) is 2.83. The molecular formula is C18H25N2O5+. The zero-order valence-corrected chi connectivity index (χ0v) is 14.9. The number of aliphatic carboxylic acids is 1. The minimum atomic E-state index is -1.54. The van der Waals surface area contributed by atoms with E-state index in [1.54, 1.807) is 51.1 Å². The second-order valence-corrected chi connectivity index (χ2v) is 7.77. The van der Waals surface area contributed by atoms with Crippen molar-refractivity contribution in [3.8, 4) is 0 Å². The fraction of sp³-hybridized carbons (Fsp3) is 0.500. The number of hydrogen-bond donors (Lipinski definition) is 3. The van der Waals surface area contributed by atoms with Crippen molar-refractivity contribution in [3.63, 3.8) is 0 Å². The van der Waals surface area contributed by atoms with E-state index in [2.05, 4.69) is 5.32 Å². The van der Waals surface area contributed by atoms with Gasteiger partial charge in [0.2, 0.25) is 5.54 Å². The van der Waals surface area contributed by atoms with Gasteiger partial charge in [0.05, 0.1) is 6.04 Å². The van der Waals surface area contributed by atoms with Gasteiger partial charge in [-0.15, -0.1) is 0 Å². The second-order valence-electron chi connectivity index (χ2n) is 7.77. The van der Waals surface area contributed by atoms with Crippen LogP contribution in [0.4, 0.5) is 4.79 Å². The lowest BCUT2D eigenvalue weighted by Crippen LogP contribution is -2.73. The first-order valence-electron chi connectivity index (χ1n) is 8.17. The molecule has 3 atom stereocenters. The van der Waals surface area contributed by atoms with Crippen LogP contribution in [0.25, 0.3) is 0 Å². The van der Waals surface area contributed by atoms with Crippen LogP contribution < -0.4 is 5.32 Å². The van der Waals surface area contributed by atoms with Crippen molar-refractivity contribution in [1.82, 2.24) is 5.32 Å². The van der Waals surface area contributed by atoms with Crippen molar-refractivity contribution < 1.29 is 29.1 Å². The van der Waals surface area contributed by atoms with Gasteiger partial charge in [-0.25, -0.2) is 9.28 Å². The highest BCUT2D eigenvalue weighted by molar-refractivity contribution is 5.94. The molecule has 1 aliphatic rings. The van der Waals surface area contributed by atoms with Crippen LogP contribution in [0.5, 0.6) is 0 Å². The Kier molecular flexibility index (Phi) is 4.65. The van der Waals surface area contributed by atoms with Gasteiger partial charge in [-0.3, -0.25) is 4.79 Å².